The first-order chi connectivity index (χ1) is 11.7. The van der Waals surface area contributed by atoms with E-state index in [4.69, 9.17) is 5.73 Å². The van der Waals surface area contributed by atoms with Gasteiger partial charge >= 0.3 is 0 Å². The van der Waals surface area contributed by atoms with Crippen molar-refractivity contribution < 1.29 is 5.11 Å². The van der Waals surface area contributed by atoms with E-state index in [0.717, 1.165) is 5.56 Å². The Morgan fingerprint density at radius 3 is 2.50 bits per heavy atom. The fourth-order valence-corrected chi connectivity index (χ4v) is 2.62. The molecule has 0 atom stereocenters. The molecule has 24 heavy (non-hydrogen) atoms. The molecule has 0 aliphatic carbocycles. The van der Waals surface area contributed by atoms with Crippen molar-refractivity contribution in [3.63, 3.8) is 0 Å². The van der Waals surface area contributed by atoms with Gasteiger partial charge in [0.2, 0.25) is 0 Å². The third-order valence-electron chi connectivity index (χ3n) is 3.77. The van der Waals surface area contributed by atoms with Crippen LogP contribution in [-0.4, -0.2) is 24.9 Å². The third-order valence-corrected chi connectivity index (χ3v) is 3.77. The number of rotatable bonds is 3. The Bertz CT molecular complexity index is 1010. The summed E-state index contributed by atoms with van der Waals surface area (Å²) in [5, 5.41) is 14.4. The molecule has 4 aromatic rings. The molecule has 4 rings (SSSR count). The first kappa shape index (κ1) is 14.2. The monoisotopic (exact) mass is 317 g/mol. The molecule has 2 aromatic heterocycles. The molecule has 0 unspecified atom stereocenters. The zero-order chi connectivity index (χ0) is 16.5. The first-order valence-electron chi connectivity index (χ1n) is 7.55. The Hall–Kier alpha value is -3.41. The lowest BCUT2D eigenvalue weighted by molar-refractivity contribution is 0.470. The van der Waals surface area contributed by atoms with Gasteiger partial charge in [-0.1, -0.05) is 42.5 Å². The number of benzene rings is 2. The third kappa shape index (κ3) is 2.54. The molecule has 2 aromatic carbocycles. The number of nitrogens with zero attached hydrogens (tertiary/aromatic N) is 4. The van der Waals surface area contributed by atoms with Crippen molar-refractivity contribution >= 4 is 16.9 Å². The van der Waals surface area contributed by atoms with E-state index in [1.165, 1.54) is 0 Å². The van der Waals surface area contributed by atoms with Gasteiger partial charge in [0, 0.05) is 6.42 Å². The highest BCUT2D eigenvalue weighted by atomic mass is 16.3. The van der Waals surface area contributed by atoms with Crippen molar-refractivity contribution in [2.45, 2.75) is 6.42 Å². The summed E-state index contributed by atoms with van der Waals surface area (Å²) in [6, 6.07) is 16.9. The topological polar surface area (TPSA) is 89.8 Å². The zero-order valence-corrected chi connectivity index (χ0v) is 12.8. The summed E-state index contributed by atoms with van der Waals surface area (Å²) in [5.74, 6) is 1.12. The summed E-state index contributed by atoms with van der Waals surface area (Å²) >= 11 is 0. The average Bonchev–Trinajstić information content (AvgIpc) is 3.00. The number of aromatic hydroxyl groups is 1. The van der Waals surface area contributed by atoms with Crippen LogP contribution >= 0.6 is 0 Å². The molecule has 6 heteroatoms. The molecule has 2 heterocycles. The van der Waals surface area contributed by atoms with Crippen LogP contribution in [0.2, 0.25) is 0 Å². The predicted octanol–water partition coefficient (Wildman–Crippen LogP) is 2.69. The van der Waals surface area contributed by atoms with Gasteiger partial charge in [-0.15, -0.1) is 0 Å². The smallest absolute Gasteiger partial charge is 0.155 e. The Balaban J connectivity index is 1.77. The number of nitrogen functional groups attached to an aromatic ring is 1. The lowest BCUT2D eigenvalue weighted by Gasteiger charge is -2.02. The number of aromatic nitrogens is 4. The lowest BCUT2D eigenvalue weighted by Crippen LogP contribution is -2.01. The number of hydrogen-bond donors (Lipinski definition) is 2. The quantitative estimate of drug-likeness (QED) is 0.606. The van der Waals surface area contributed by atoms with Gasteiger partial charge in [0.1, 0.15) is 22.8 Å². The van der Waals surface area contributed by atoms with Gasteiger partial charge in [-0.05, 0) is 17.7 Å². The van der Waals surface area contributed by atoms with Crippen LogP contribution in [0.1, 0.15) is 11.4 Å². The van der Waals surface area contributed by atoms with Crippen LogP contribution in [0.15, 0.2) is 60.8 Å². The van der Waals surface area contributed by atoms with Crippen LogP contribution in [0.4, 0.5) is 5.82 Å². The van der Waals surface area contributed by atoms with Crippen LogP contribution in [0.25, 0.3) is 16.7 Å². The number of phenols is 1. The lowest BCUT2D eigenvalue weighted by atomic mass is 10.1. The standard InChI is InChI=1S/C18H15N5O/c19-18-17-13(11-23(22-17)14-8-4-5-9-15(14)24)20-16(21-18)10-12-6-2-1-3-7-12/h1-9,11,24H,10H2,(H2,19,20,21). The normalized spacial score (nSPS) is 11.0. The van der Waals surface area contributed by atoms with Crippen LogP contribution in [-0.2, 0) is 6.42 Å². The summed E-state index contributed by atoms with van der Waals surface area (Å²) < 4.78 is 1.57. The van der Waals surface area contributed by atoms with Gasteiger partial charge in [-0.2, -0.15) is 5.10 Å². The fourth-order valence-electron chi connectivity index (χ4n) is 2.62. The molecule has 0 fully saturated rings. The maximum atomic E-state index is 9.98. The molecular formula is C18H15N5O. The van der Waals surface area contributed by atoms with E-state index < -0.39 is 0 Å². The second-order valence-electron chi connectivity index (χ2n) is 5.48. The number of fused-ring (bicyclic) bond motifs is 1. The minimum atomic E-state index is 0.140. The van der Waals surface area contributed by atoms with E-state index in [-0.39, 0.29) is 5.75 Å². The molecular weight excluding hydrogens is 302 g/mol. The minimum absolute atomic E-state index is 0.140. The molecule has 0 radical (unpaired) electrons. The second kappa shape index (κ2) is 5.66. The van der Waals surface area contributed by atoms with E-state index in [0.29, 0.717) is 34.8 Å². The van der Waals surface area contributed by atoms with Crippen LogP contribution in [0, 0.1) is 0 Å². The van der Waals surface area contributed by atoms with Gasteiger partial charge in [0.05, 0.1) is 6.20 Å². The molecule has 0 spiro atoms. The summed E-state index contributed by atoms with van der Waals surface area (Å²) in [5.41, 5.74) is 8.91. The van der Waals surface area contributed by atoms with Crippen molar-refractivity contribution in [1.29, 1.82) is 0 Å². The van der Waals surface area contributed by atoms with Crippen molar-refractivity contribution in [3.05, 3.63) is 72.2 Å². The van der Waals surface area contributed by atoms with Crippen LogP contribution in [0.3, 0.4) is 0 Å². The van der Waals surface area contributed by atoms with Crippen molar-refractivity contribution in [2.24, 2.45) is 0 Å². The molecule has 3 N–H and O–H groups in total. The van der Waals surface area contributed by atoms with Crippen molar-refractivity contribution in [1.82, 2.24) is 19.7 Å². The molecule has 0 aliphatic rings. The number of nitrogens with two attached hydrogens (primary N) is 1. The molecule has 0 aliphatic heterocycles. The number of hydrogen-bond acceptors (Lipinski definition) is 5. The minimum Gasteiger partial charge on any atom is -0.506 e. The Morgan fingerprint density at radius 1 is 0.958 bits per heavy atom. The van der Waals surface area contributed by atoms with E-state index >= 15 is 0 Å². The van der Waals surface area contributed by atoms with Crippen LogP contribution < -0.4 is 5.73 Å². The van der Waals surface area contributed by atoms with E-state index in [2.05, 4.69) is 15.1 Å². The van der Waals surface area contributed by atoms with Crippen molar-refractivity contribution in [2.75, 3.05) is 5.73 Å². The summed E-state index contributed by atoms with van der Waals surface area (Å²) in [6.45, 7) is 0. The summed E-state index contributed by atoms with van der Waals surface area (Å²) in [4.78, 5) is 8.91. The Labute approximate surface area is 138 Å². The van der Waals surface area contributed by atoms with E-state index in [9.17, 15) is 5.11 Å². The van der Waals surface area contributed by atoms with Crippen LogP contribution in [0.5, 0.6) is 5.75 Å². The SMILES string of the molecule is Nc1nc(Cc2ccccc2)nc2cn(-c3ccccc3O)nc12. The Morgan fingerprint density at radius 2 is 1.71 bits per heavy atom. The molecule has 0 amide bonds. The molecule has 118 valence electrons. The average molecular weight is 317 g/mol. The van der Waals surface area contributed by atoms with Gasteiger partial charge in [0.15, 0.2) is 11.3 Å². The molecule has 6 nitrogen and oxygen atoms in total. The highest BCUT2D eigenvalue weighted by Crippen LogP contribution is 2.24. The van der Waals surface area contributed by atoms with E-state index in [1.54, 1.807) is 29.1 Å². The van der Waals surface area contributed by atoms with Gasteiger partial charge in [0.25, 0.3) is 0 Å². The maximum absolute atomic E-state index is 9.98. The second-order valence-corrected chi connectivity index (χ2v) is 5.48. The summed E-state index contributed by atoms with van der Waals surface area (Å²) in [7, 11) is 0. The maximum Gasteiger partial charge on any atom is 0.155 e. The zero-order valence-electron chi connectivity index (χ0n) is 12.8. The number of para-hydroxylation sites is 2. The van der Waals surface area contributed by atoms with Gasteiger partial charge in [-0.25, -0.2) is 14.6 Å². The molecule has 0 saturated carbocycles. The Kier molecular flexibility index (Phi) is 3.35. The highest BCUT2D eigenvalue weighted by molar-refractivity contribution is 5.84. The summed E-state index contributed by atoms with van der Waals surface area (Å²) in [6.07, 6.45) is 2.35. The van der Waals surface area contributed by atoms with E-state index in [1.807, 2.05) is 36.4 Å². The highest BCUT2D eigenvalue weighted by Gasteiger charge is 2.12. The first-order valence-corrected chi connectivity index (χ1v) is 7.55. The molecule has 0 bridgehead atoms. The van der Waals surface area contributed by atoms with Gasteiger partial charge < -0.3 is 10.8 Å². The number of anilines is 1. The fraction of sp³-hybridized carbons (Fsp3) is 0.0556. The number of phenolic OH excluding ortho intramolecular Hbond substituents is 1. The predicted molar refractivity (Wildman–Crippen MR) is 92.0 cm³/mol. The largest absolute Gasteiger partial charge is 0.506 e. The molecule has 0 saturated heterocycles. The van der Waals surface area contributed by atoms with Gasteiger partial charge in [-0.3, -0.25) is 0 Å². The van der Waals surface area contributed by atoms with Crippen molar-refractivity contribution in [3.8, 4) is 11.4 Å².